The molecule has 2 aromatic heterocycles. The second-order valence-electron chi connectivity index (χ2n) is 6.10. The number of thioether (sulfide) groups is 1. The summed E-state index contributed by atoms with van der Waals surface area (Å²) in [6, 6.07) is 0.820. The third-order valence-corrected chi connectivity index (χ3v) is 5.42. The number of hydrogen-bond donors (Lipinski definition) is 0. The number of piperidine rings is 1. The fourth-order valence-electron chi connectivity index (χ4n) is 2.66. The van der Waals surface area contributed by atoms with Crippen molar-refractivity contribution in [2.24, 2.45) is 5.92 Å². The summed E-state index contributed by atoms with van der Waals surface area (Å²) in [5.41, 5.74) is -0.751. The van der Waals surface area contributed by atoms with E-state index in [1.54, 1.807) is 4.90 Å². The summed E-state index contributed by atoms with van der Waals surface area (Å²) in [6.07, 6.45) is -1.69. The summed E-state index contributed by atoms with van der Waals surface area (Å²) in [5.74, 6) is 0.662. The van der Waals surface area contributed by atoms with Crippen LogP contribution in [0.25, 0.3) is 5.65 Å². The molecular weight excluding hydrogens is 377 g/mol. The highest BCUT2D eigenvalue weighted by atomic mass is 35.5. The Morgan fingerprint density at radius 2 is 2.04 bits per heavy atom. The SMILES string of the molecule is CC1CCN(C(=O)CSc2nnc3c(Cl)cc(C(F)(F)F)cn23)CC1. The predicted molar refractivity (Wildman–Crippen MR) is 88.7 cm³/mol. The number of carbonyl (C=O) groups is 1. The summed E-state index contributed by atoms with van der Waals surface area (Å²) in [7, 11) is 0. The molecule has 1 fully saturated rings. The lowest BCUT2D eigenvalue weighted by atomic mass is 9.99. The Morgan fingerprint density at radius 3 is 2.68 bits per heavy atom. The van der Waals surface area contributed by atoms with E-state index >= 15 is 0 Å². The molecule has 10 heteroatoms. The lowest BCUT2D eigenvalue weighted by Gasteiger charge is -2.30. The Balaban J connectivity index is 1.75. The molecule has 136 valence electrons. The van der Waals surface area contributed by atoms with Crippen molar-refractivity contribution in [1.82, 2.24) is 19.5 Å². The van der Waals surface area contributed by atoms with Gasteiger partial charge >= 0.3 is 6.18 Å². The first-order chi connectivity index (χ1) is 11.8. The number of hydrogen-bond acceptors (Lipinski definition) is 4. The minimum absolute atomic E-state index is 0.0493. The van der Waals surface area contributed by atoms with Crippen molar-refractivity contribution in [1.29, 1.82) is 0 Å². The number of alkyl halides is 3. The molecule has 1 aliphatic rings. The van der Waals surface area contributed by atoms with E-state index in [9.17, 15) is 18.0 Å². The molecule has 0 unspecified atom stereocenters. The number of aromatic nitrogens is 3. The van der Waals surface area contributed by atoms with Crippen LogP contribution in [0, 0.1) is 5.92 Å². The summed E-state index contributed by atoms with van der Waals surface area (Å²) in [4.78, 5) is 14.1. The standard InChI is InChI=1S/C15H16ClF3N4OS/c1-9-2-4-22(5-3-9)12(24)8-25-14-21-20-13-11(16)6-10(7-23(13)14)15(17,18)19/h6-7,9H,2-5,8H2,1H3. The largest absolute Gasteiger partial charge is 0.417 e. The quantitative estimate of drug-likeness (QED) is 0.746. The van der Waals surface area contributed by atoms with E-state index in [1.807, 2.05) is 0 Å². The van der Waals surface area contributed by atoms with E-state index < -0.39 is 11.7 Å². The average molecular weight is 393 g/mol. The Hall–Kier alpha value is -1.48. The van der Waals surface area contributed by atoms with E-state index in [2.05, 4.69) is 17.1 Å². The van der Waals surface area contributed by atoms with Crippen molar-refractivity contribution >= 4 is 34.9 Å². The summed E-state index contributed by atoms with van der Waals surface area (Å²) in [6.45, 7) is 3.58. The van der Waals surface area contributed by atoms with Gasteiger partial charge in [-0.15, -0.1) is 10.2 Å². The topological polar surface area (TPSA) is 50.5 Å². The highest BCUT2D eigenvalue weighted by Gasteiger charge is 2.32. The fraction of sp³-hybridized carbons (Fsp3) is 0.533. The van der Waals surface area contributed by atoms with Crippen molar-refractivity contribution < 1.29 is 18.0 Å². The van der Waals surface area contributed by atoms with Gasteiger partial charge in [-0.3, -0.25) is 9.20 Å². The summed E-state index contributed by atoms with van der Waals surface area (Å²) in [5, 5.41) is 7.75. The predicted octanol–water partition coefficient (Wildman–Crippen LogP) is 3.75. The van der Waals surface area contributed by atoms with Gasteiger partial charge in [0, 0.05) is 19.3 Å². The number of nitrogens with zero attached hydrogens (tertiary/aromatic N) is 4. The number of amides is 1. The van der Waals surface area contributed by atoms with Crippen molar-refractivity contribution in [3.8, 4) is 0 Å². The Labute approximate surface area is 151 Å². The van der Waals surface area contributed by atoms with Gasteiger partial charge in [0.25, 0.3) is 0 Å². The van der Waals surface area contributed by atoms with Crippen LogP contribution in [-0.2, 0) is 11.0 Å². The molecule has 25 heavy (non-hydrogen) atoms. The smallest absolute Gasteiger partial charge is 0.342 e. The molecule has 0 N–H and O–H groups in total. The van der Waals surface area contributed by atoms with Crippen LogP contribution in [0.4, 0.5) is 13.2 Å². The Bertz CT molecular complexity index is 787. The minimum Gasteiger partial charge on any atom is -0.342 e. The molecule has 1 saturated heterocycles. The maximum Gasteiger partial charge on any atom is 0.417 e. The van der Waals surface area contributed by atoms with Gasteiger partial charge in [-0.05, 0) is 24.8 Å². The molecule has 3 rings (SSSR count). The number of pyridine rings is 1. The first kappa shape index (κ1) is 18.3. The van der Waals surface area contributed by atoms with Crippen LogP contribution >= 0.6 is 23.4 Å². The first-order valence-electron chi connectivity index (χ1n) is 7.77. The third-order valence-electron chi connectivity index (χ3n) is 4.22. The van der Waals surface area contributed by atoms with Crippen LogP contribution in [0.5, 0.6) is 0 Å². The Kier molecular flexibility index (Phi) is 5.15. The lowest BCUT2D eigenvalue weighted by Crippen LogP contribution is -2.38. The highest BCUT2D eigenvalue weighted by Crippen LogP contribution is 2.33. The zero-order chi connectivity index (χ0) is 18.2. The van der Waals surface area contributed by atoms with Gasteiger partial charge < -0.3 is 4.90 Å². The second-order valence-corrected chi connectivity index (χ2v) is 7.45. The van der Waals surface area contributed by atoms with E-state index in [4.69, 9.17) is 11.6 Å². The number of rotatable bonds is 3. The zero-order valence-corrected chi connectivity index (χ0v) is 15.0. The molecular formula is C15H16ClF3N4OS. The maximum absolute atomic E-state index is 12.9. The van der Waals surface area contributed by atoms with Crippen molar-refractivity contribution in [3.05, 3.63) is 22.8 Å². The Morgan fingerprint density at radius 1 is 1.36 bits per heavy atom. The fourth-order valence-corrected chi connectivity index (χ4v) is 3.72. The van der Waals surface area contributed by atoms with E-state index in [-0.39, 0.29) is 27.5 Å². The lowest BCUT2D eigenvalue weighted by molar-refractivity contribution is -0.138. The van der Waals surface area contributed by atoms with Crippen molar-refractivity contribution in [2.45, 2.75) is 31.1 Å². The molecule has 0 atom stereocenters. The van der Waals surface area contributed by atoms with Gasteiger partial charge in [0.1, 0.15) is 0 Å². The molecule has 2 aromatic rings. The molecule has 3 heterocycles. The molecule has 0 aliphatic carbocycles. The molecule has 0 aromatic carbocycles. The number of likely N-dealkylation sites (tertiary alicyclic amines) is 1. The van der Waals surface area contributed by atoms with Gasteiger partial charge in [-0.25, -0.2) is 0 Å². The van der Waals surface area contributed by atoms with Gasteiger partial charge in [0.05, 0.1) is 16.3 Å². The summed E-state index contributed by atoms with van der Waals surface area (Å²) >= 11 is 6.93. The van der Waals surface area contributed by atoms with Crippen LogP contribution < -0.4 is 0 Å². The molecule has 0 bridgehead atoms. The van der Waals surface area contributed by atoms with Crippen molar-refractivity contribution in [2.75, 3.05) is 18.8 Å². The molecule has 0 radical (unpaired) electrons. The first-order valence-corrected chi connectivity index (χ1v) is 9.14. The number of fused-ring (bicyclic) bond motifs is 1. The van der Waals surface area contributed by atoms with Crippen LogP contribution in [0.15, 0.2) is 17.4 Å². The molecule has 0 spiro atoms. The van der Waals surface area contributed by atoms with E-state index in [0.717, 1.165) is 36.9 Å². The van der Waals surface area contributed by atoms with Crippen LogP contribution in [0.2, 0.25) is 5.02 Å². The number of carbonyl (C=O) groups excluding carboxylic acids is 1. The van der Waals surface area contributed by atoms with E-state index in [0.29, 0.717) is 19.0 Å². The van der Waals surface area contributed by atoms with Gasteiger partial charge in [-0.1, -0.05) is 30.3 Å². The minimum atomic E-state index is -4.52. The zero-order valence-electron chi connectivity index (χ0n) is 13.4. The highest BCUT2D eigenvalue weighted by molar-refractivity contribution is 7.99. The summed E-state index contributed by atoms with van der Waals surface area (Å²) < 4.78 is 40.0. The monoisotopic (exact) mass is 392 g/mol. The molecule has 1 aliphatic heterocycles. The van der Waals surface area contributed by atoms with Gasteiger partial charge in [0.15, 0.2) is 10.8 Å². The van der Waals surface area contributed by atoms with Crippen molar-refractivity contribution in [3.63, 3.8) is 0 Å². The molecule has 5 nitrogen and oxygen atoms in total. The average Bonchev–Trinajstić information content (AvgIpc) is 2.96. The number of halogens is 4. The van der Waals surface area contributed by atoms with E-state index in [1.165, 1.54) is 4.40 Å². The van der Waals surface area contributed by atoms with Crippen LogP contribution in [0.3, 0.4) is 0 Å². The van der Waals surface area contributed by atoms with Gasteiger partial charge in [0.2, 0.25) is 5.91 Å². The van der Waals surface area contributed by atoms with Crippen LogP contribution in [0.1, 0.15) is 25.3 Å². The maximum atomic E-state index is 12.9. The van der Waals surface area contributed by atoms with Crippen LogP contribution in [-0.4, -0.2) is 44.2 Å². The third kappa shape index (κ3) is 4.03. The molecule has 1 amide bonds. The normalized spacial score (nSPS) is 16.6. The second kappa shape index (κ2) is 7.03. The molecule has 0 saturated carbocycles. The van der Waals surface area contributed by atoms with Gasteiger partial charge in [-0.2, -0.15) is 13.2 Å².